The molecule has 3 aromatic rings. The number of nitrogens with one attached hydrogen (secondary N) is 1. The van der Waals surface area contributed by atoms with Crippen molar-refractivity contribution in [3.8, 4) is 11.5 Å². The third-order valence-corrected chi connectivity index (χ3v) is 5.18. The molecule has 0 aliphatic heterocycles. The van der Waals surface area contributed by atoms with Crippen LogP contribution in [0.5, 0.6) is 11.5 Å². The molecule has 0 aromatic heterocycles. The van der Waals surface area contributed by atoms with Crippen LogP contribution in [0.2, 0.25) is 0 Å². The molecule has 3 heteroatoms. The predicted molar refractivity (Wildman–Crippen MR) is 124 cm³/mol. The number of para-hydroxylation sites is 1. The zero-order valence-electron chi connectivity index (χ0n) is 18.4. The van der Waals surface area contributed by atoms with Crippen LogP contribution in [-0.4, -0.2) is 6.61 Å². The van der Waals surface area contributed by atoms with Crippen LogP contribution in [0.3, 0.4) is 0 Å². The average molecular weight is 404 g/mol. The topological polar surface area (TPSA) is 30.5 Å². The van der Waals surface area contributed by atoms with Gasteiger partial charge < -0.3 is 14.8 Å². The van der Waals surface area contributed by atoms with Gasteiger partial charge >= 0.3 is 0 Å². The fourth-order valence-corrected chi connectivity index (χ4v) is 3.57. The van der Waals surface area contributed by atoms with E-state index >= 15 is 0 Å². The minimum Gasteiger partial charge on any atom is -0.490 e. The molecule has 0 aliphatic rings. The Morgan fingerprint density at radius 2 is 1.60 bits per heavy atom. The molecule has 0 saturated carbocycles. The summed E-state index contributed by atoms with van der Waals surface area (Å²) < 4.78 is 12.2. The van der Waals surface area contributed by atoms with Crippen molar-refractivity contribution in [2.75, 3.05) is 6.61 Å². The van der Waals surface area contributed by atoms with E-state index in [2.05, 4.69) is 79.8 Å². The van der Waals surface area contributed by atoms with Crippen molar-refractivity contribution in [3.63, 3.8) is 0 Å². The minimum atomic E-state index is 0.317. The predicted octanol–water partition coefficient (Wildman–Crippen LogP) is 6.60. The molecule has 0 spiro atoms. The Morgan fingerprint density at radius 3 is 2.30 bits per heavy atom. The van der Waals surface area contributed by atoms with E-state index < -0.39 is 0 Å². The standard InChI is InChI=1S/C27H33NO2/c1-4-10-25(23-11-7-6-8-12-23)28-19-24-13-9-14-26(29-5-2)27(24)30-20-22-17-15-21(3)16-18-22/h6-9,11-18,25,28H,4-5,10,19-20H2,1-3H3. The highest BCUT2D eigenvalue weighted by molar-refractivity contribution is 5.47. The van der Waals surface area contributed by atoms with E-state index in [-0.39, 0.29) is 0 Å². The van der Waals surface area contributed by atoms with Crippen molar-refractivity contribution in [2.45, 2.75) is 52.8 Å². The van der Waals surface area contributed by atoms with Gasteiger partial charge in [-0.3, -0.25) is 0 Å². The van der Waals surface area contributed by atoms with Crippen molar-refractivity contribution in [1.82, 2.24) is 5.32 Å². The van der Waals surface area contributed by atoms with E-state index in [4.69, 9.17) is 9.47 Å². The molecule has 0 fully saturated rings. The highest BCUT2D eigenvalue weighted by Crippen LogP contribution is 2.33. The van der Waals surface area contributed by atoms with Gasteiger partial charge in [0.25, 0.3) is 0 Å². The first-order valence-electron chi connectivity index (χ1n) is 10.9. The maximum Gasteiger partial charge on any atom is 0.166 e. The summed E-state index contributed by atoms with van der Waals surface area (Å²) in [5.74, 6) is 1.63. The number of benzene rings is 3. The second-order valence-electron chi connectivity index (χ2n) is 7.58. The lowest BCUT2D eigenvalue weighted by molar-refractivity contribution is 0.265. The number of aryl methyl sites for hydroxylation is 1. The maximum absolute atomic E-state index is 6.28. The van der Waals surface area contributed by atoms with E-state index in [1.807, 2.05) is 19.1 Å². The van der Waals surface area contributed by atoms with Crippen LogP contribution in [0.25, 0.3) is 0 Å². The van der Waals surface area contributed by atoms with Crippen molar-refractivity contribution < 1.29 is 9.47 Å². The lowest BCUT2D eigenvalue weighted by Gasteiger charge is -2.21. The van der Waals surface area contributed by atoms with E-state index in [9.17, 15) is 0 Å². The molecule has 30 heavy (non-hydrogen) atoms. The van der Waals surface area contributed by atoms with E-state index in [1.54, 1.807) is 0 Å². The summed E-state index contributed by atoms with van der Waals surface area (Å²) in [5, 5.41) is 3.73. The molecule has 3 aromatic carbocycles. The molecule has 1 unspecified atom stereocenters. The van der Waals surface area contributed by atoms with Gasteiger partial charge in [0.05, 0.1) is 6.61 Å². The smallest absolute Gasteiger partial charge is 0.166 e. The normalized spacial score (nSPS) is 11.8. The molecule has 3 nitrogen and oxygen atoms in total. The van der Waals surface area contributed by atoms with Crippen molar-refractivity contribution in [3.05, 3.63) is 95.1 Å². The minimum absolute atomic E-state index is 0.317. The number of hydrogen-bond acceptors (Lipinski definition) is 3. The summed E-state index contributed by atoms with van der Waals surface area (Å²) in [4.78, 5) is 0. The summed E-state index contributed by atoms with van der Waals surface area (Å²) in [5.41, 5.74) is 4.84. The first-order chi connectivity index (χ1) is 14.7. The first-order valence-corrected chi connectivity index (χ1v) is 10.9. The largest absolute Gasteiger partial charge is 0.490 e. The summed E-state index contributed by atoms with van der Waals surface area (Å²) in [7, 11) is 0. The van der Waals surface area contributed by atoms with Crippen molar-refractivity contribution in [1.29, 1.82) is 0 Å². The third-order valence-electron chi connectivity index (χ3n) is 5.18. The van der Waals surface area contributed by atoms with Gasteiger partial charge in [-0.25, -0.2) is 0 Å². The van der Waals surface area contributed by atoms with E-state index in [0.717, 1.165) is 42.0 Å². The van der Waals surface area contributed by atoms with Gasteiger partial charge in [0.1, 0.15) is 6.61 Å². The molecule has 0 heterocycles. The van der Waals surface area contributed by atoms with Gasteiger partial charge in [0.2, 0.25) is 0 Å². The maximum atomic E-state index is 6.28. The first kappa shape index (κ1) is 21.9. The molecule has 0 saturated heterocycles. The fourth-order valence-electron chi connectivity index (χ4n) is 3.57. The molecular weight excluding hydrogens is 370 g/mol. The molecule has 1 N–H and O–H groups in total. The van der Waals surface area contributed by atoms with Crippen LogP contribution in [0.15, 0.2) is 72.8 Å². The van der Waals surface area contributed by atoms with Crippen LogP contribution in [0.4, 0.5) is 0 Å². The SMILES string of the molecule is CCCC(NCc1cccc(OCC)c1OCc1ccc(C)cc1)c1ccccc1. The van der Waals surface area contributed by atoms with E-state index in [0.29, 0.717) is 19.3 Å². The molecule has 3 rings (SSSR count). The second kappa shape index (κ2) is 11.4. The molecule has 158 valence electrons. The molecule has 0 bridgehead atoms. The zero-order chi connectivity index (χ0) is 21.2. The number of rotatable bonds is 11. The molecule has 1 atom stereocenters. The Labute approximate surface area is 181 Å². The number of ether oxygens (including phenoxy) is 2. The lowest BCUT2D eigenvalue weighted by Crippen LogP contribution is -2.21. The molecular formula is C27H33NO2. The fraction of sp³-hybridized carbons (Fsp3) is 0.333. The Bertz CT molecular complexity index is 890. The Kier molecular flexibility index (Phi) is 8.34. The average Bonchev–Trinajstić information content (AvgIpc) is 2.78. The van der Waals surface area contributed by atoms with Gasteiger partial charge in [-0.1, -0.05) is 85.6 Å². The highest BCUT2D eigenvalue weighted by atomic mass is 16.5. The summed E-state index contributed by atoms with van der Waals surface area (Å²) in [6.07, 6.45) is 2.22. The Morgan fingerprint density at radius 1 is 0.833 bits per heavy atom. The summed E-state index contributed by atoms with van der Waals surface area (Å²) in [6, 6.07) is 25.6. The highest BCUT2D eigenvalue weighted by Gasteiger charge is 2.15. The van der Waals surface area contributed by atoms with Gasteiger partial charge in [0.15, 0.2) is 11.5 Å². The zero-order valence-corrected chi connectivity index (χ0v) is 18.4. The Balaban J connectivity index is 1.77. The van der Waals surface area contributed by atoms with Crippen molar-refractivity contribution in [2.24, 2.45) is 0 Å². The van der Waals surface area contributed by atoms with Crippen LogP contribution >= 0.6 is 0 Å². The summed E-state index contributed by atoms with van der Waals surface area (Å²) >= 11 is 0. The van der Waals surface area contributed by atoms with Gasteiger partial charge in [0, 0.05) is 18.2 Å². The van der Waals surface area contributed by atoms with E-state index in [1.165, 1.54) is 11.1 Å². The Hall–Kier alpha value is -2.78. The number of hydrogen-bond donors (Lipinski definition) is 1. The van der Waals surface area contributed by atoms with Crippen LogP contribution in [-0.2, 0) is 13.2 Å². The quantitative estimate of drug-likeness (QED) is 0.391. The van der Waals surface area contributed by atoms with Gasteiger partial charge in [-0.15, -0.1) is 0 Å². The third kappa shape index (κ3) is 6.11. The lowest BCUT2D eigenvalue weighted by atomic mass is 10.0. The second-order valence-corrected chi connectivity index (χ2v) is 7.58. The van der Waals surface area contributed by atoms with Crippen molar-refractivity contribution >= 4 is 0 Å². The van der Waals surface area contributed by atoms with Crippen LogP contribution in [0, 0.1) is 6.92 Å². The summed E-state index contributed by atoms with van der Waals surface area (Å²) in [6.45, 7) is 8.18. The molecule has 0 amide bonds. The van der Waals surface area contributed by atoms with Gasteiger partial charge in [-0.2, -0.15) is 0 Å². The monoisotopic (exact) mass is 403 g/mol. The molecule has 0 radical (unpaired) electrons. The van der Waals surface area contributed by atoms with Gasteiger partial charge in [-0.05, 0) is 37.5 Å². The molecule has 0 aliphatic carbocycles. The van der Waals surface area contributed by atoms with Crippen LogP contribution < -0.4 is 14.8 Å². The van der Waals surface area contributed by atoms with Crippen LogP contribution in [0.1, 0.15) is 55.0 Å².